The molecule has 0 aliphatic carbocycles. The van der Waals surface area contributed by atoms with E-state index in [0.29, 0.717) is 0 Å². The molecule has 0 radical (unpaired) electrons. The summed E-state index contributed by atoms with van der Waals surface area (Å²) in [6.07, 6.45) is 1.26. The summed E-state index contributed by atoms with van der Waals surface area (Å²) in [5.41, 5.74) is 1.38. The van der Waals surface area contributed by atoms with E-state index >= 15 is 0 Å². The number of nitrogens with one attached hydrogen (secondary N) is 1. The first-order chi connectivity index (χ1) is 9.42. The summed E-state index contributed by atoms with van der Waals surface area (Å²) in [4.78, 5) is 9.70. The lowest BCUT2D eigenvalue weighted by Crippen LogP contribution is -2.35. The third-order valence-corrected chi connectivity index (χ3v) is 4.46. The average molecular weight is 296 g/mol. The Morgan fingerprint density at radius 1 is 1.25 bits per heavy atom. The van der Waals surface area contributed by atoms with E-state index in [4.69, 9.17) is 4.98 Å². The Kier molecular flexibility index (Phi) is 5.55. The average Bonchev–Trinajstić information content (AvgIpc) is 2.70. The topological polar surface area (TPSA) is 31.4 Å². The van der Waals surface area contributed by atoms with Crippen LogP contribution in [0.15, 0.2) is 5.38 Å². The number of likely N-dealkylation sites (N-methyl/N-ethyl adjacent to an activating group) is 1. The van der Waals surface area contributed by atoms with Gasteiger partial charge >= 0.3 is 0 Å². The maximum absolute atomic E-state index is 4.76. The molecule has 1 saturated heterocycles. The molecule has 114 valence electrons. The van der Waals surface area contributed by atoms with E-state index in [1.54, 1.807) is 11.3 Å². The van der Waals surface area contributed by atoms with Crippen LogP contribution >= 0.6 is 11.3 Å². The summed E-state index contributed by atoms with van der Waals surface area (Å²) in [6, 6.07) is 0. The Labute approximate surface area is 127 Å². The number of thiazole rings is 1. The van der Waals surface area contributed by atoms with Crippen molar-refractivity contribution in [1.29, 1.82) is 0 Å². The van der Waals surface area contributed by atoms with Gasteiger partial charge in [0, 0.05) is 37.1 Å². The Hall–Kier alpha value is -0.490. The fourth-order valence-electron chi connectivity index (χ4n) is 2.33. The Balaban J connectivity index is 1.83. The minimum absolute atomic E-state index is 0.154. The maximum Gasteiger partial charge on any atom is 0.107 e. The van der Waals surface area contributed by atoms with Crippen LogP contribution in [0.3, 0.4) is 0 Å². The zero-order chi connectivity index (χ0) is 14.6. The largest absolute Gasteiger partial charge is 0.306 e. The van der Waals surface area contributed by atoms with Gasteiger partial charge in [-0.25, -0.2) is 4.98 Å². The van der Waals surface area contributed by atoms with Gasteiger partial charge in [0.25, 0.3) is 0 Å². The van der Waals surface area contributed by atoms with Crippen LogP contribution < -0.4 is 5.32 Å². The van der Waals surface area contributed by atoms with E-state index < -0.39 is 0 Å². The van der Waals surface area contributed by atoms with E-state index in [9.17, 15) is 0 Å². The molecule has 5 heteroatoms. The molecule has 2 heterocycles. The van der Waals surface area contributed by atoms with Gasteiger partial charge < -0.3 is 10.2 Å². The highest BCUT2D eigenvalue weighted by atomic mass is 32.1. The summed E-state index contributed by atoms with van der Waals surface area (Å²) in [5, 5.41) is 6.91. The molecule has 0 amide bonds. The van der Waals surface area contributed by atoms with E-state index in [-0.39, 0.29) is 5.54 Å². The van der Waals surface area contributed by atoms with Crippen molar-refractivity contribution in [3.8, 4) is 0 Å². The Morgan fingerprint density at radius 3 is 2.80 bits per heavy atom. The van der Waals surface area contributed by atoms with Crippen molar-refractivity contribution in [1.82, 2.24) is 20.1 Å². The van der Waals surface area contributed by atoms with Crippen molar-refractivity contribution >= 4 is 11.3 Å². The van der Waals surface area contributed by atoms with Crippen LogP contribution in [0, 0.1) is 0 Å². The van der Waals surface area contributed by atoms with Gasteiger partial charge in [-0.05, 0) is 47.3 Å². The molecule has 0 saturated carbocycles. The summed E-state index contributed by atoms with van der Waals surface area (Å²) in [5.74, 6) is 0. The van der Waals surface area contributed by atoms with Crippen LogP contribution in [-0.4, -0.2) is 53.5 Å². The molecular formula is C15H28N4S. The summed E-state index contributed by atoms with van der Waals surface area (Å²) in [6.45, 7) is 13.2. The molecule has 1 aromatic heterocycles. The van der Waals surface area contributed by atoms with Crippen molar-refractivity contribution in [2.45, 2.75) is 45.8 Å². The van der Waals surface area contributed by atoms with E-state index in [2.05, 4.69) is 48.3 Å². The fourth-order valence-corrected chi connectivity index (χ4v) is 3.06. The quantitative estimate of drug-likeness (QED) is 0.923. The second kappa shape index (κ2) is 6.98. The van der Waals surface area contributed by atoms with Crippen molar-refractivity contribution in [3.05, 3.63) is 16.1 Å². The molecule has 0 atom stereocenters. The number of aromatic nitrogens is 1. The molecule has 0 bridgehead atoms. The molecule has 2 rings (SSSR count). The molecular weight excluding hydrogens is 268 g/mol. The van der Waals surface area contributed by atoms with Crippen LogP contribution in [-0.2, 0) is 13.1 Å². The minimum atomic E-state index is 0.154. The molecule has 20 heavy (non-hydrogen) atoms. The number of hydrogen-bond acceptors (Lipinski definition) is 5. The van der Waals surface area contributed by atoms with Gasteiger partial charge in [0.1, 0.15) is 5.01 Å². The van der Waals surface area contributed by atoms with Gasteiger partial charge in [0.05, 0.1) is 5.69 Å². The lowest BCUT2D eigenvalue weighted by atomic mass is 10.1. The molecule has 1 aliphatic rings. The second-order valence-corrected chi connectivity index (χ2v) is 7.71. The minimum Gasteiger partial charge on any atom is -0.306 e. The normalized spacial score (nSPS) is 19.2. The summed E-state index contributed by atoms with van der Waals surface area (Å²) >= 11 is 1.77. The smallest absolute Gasteiger partial charge is 0.107 e. The predicted octanol–water partition coefficient (Wildman–Crippen LogP) is 2.17. The van der Waals surface area contributed by atoms with Gasteiger partial charge in [-0.15, -0.1) is 11.3 Å². The Morgan fingerprint density at radius 2 is 2.05 bits per heavy atom. The molecule has 1 N–H and O–H groups in total. The highest BCUT2D eigenvalue weighted by Gasteiger charge is 2.14. The van der Waals surface area contributed by atoms with E-state index in [1.165, 1.54) is 36.8 Å². The first-order valence-corrected chi connectivity index (χ1v) is 8.39. The van der Waals surface area contributed by atoms with Crippen LogP contribution in [0.2, 0.25) is 0 Å². The van der Waals surface area contributed by atoms with Gasteiger partial charge in [0.2, 0.25) is 0 Å². The van der Waals surface area contributed by atoms with Crippen LogP contribution in [0.1, 0.15) is 37.9 Å². The zero-order valence-corrected chi connectivity index (χ0v) is 14.1. The third kappa shape index (κ3) is 5.48. The van der Waals surface area contributed by atoms with Crippen molar-refractivity contribution in [3.63, 3.8) is 0 Å². The van der Waals surface area contributed by atoms with Crippen LogP contribution in [0.25, 0.3) is 0 Å². The molecule has 1 fully saturated rings. The van der Waals surface area contributed by atoms with E-state index in [0.717, 1.165) is 19.6 Å². The third-order valence-electron chi connectivity index (χ3n) is 3.57. The first-order valence-electron chi connectivity index (χ1n) is 7.51. The monoisotopic (exact) mass is 296 g/mol. The highest BCUT2D eigenvalue weighted by molar-refractivity contribution is 7.09. The van der Waals surface area contributed by atoms with Crippen molar-refractivity contribution < 1.29 is 0 Å². The SMILES string of the molecule is CN1CCCN(Cc2csc(CNC(C)(C)C)n2)CC1. The number of rotatable bonds is 4. The molecule has 1 aliphatic heterocycles. The lowest BCUT2D eigenvalue weighted by Gasteiger charge is -2.19. The fraction of sp³-hybridized carbons (Fsp3) is 0.800. The summed E-state index contributed by atoms with van der Waals surface area (Å²) < 4.78 is 0. The Bertz CT molecular complexity index is 410. The number of hydrogen-bond donors (Lipinski definition) is 1. The standard InChI is InChI=1S/C15H28N4S/c1-15(2,3)16-10-14-17-13(12-20-14)11-19-7-5-6-18(4)8-9-19/h12,16H,5-11H2,1-4H3. The van der Waals surface area contributed by atoms with Crippen molar-refractivity contribution in [2.75, 3.05) is 33.2 Å². The number of nitrogens with zero attached hydrogens (tertiary/aromatic N) is 3. The second-order valence-electron chi connectivity index (χ2n) is 6.77. The molecule has 0 spiro atoms. The van der Waals surface area contributed by atoms with Gasteiger partial charge in [-0.3, -0.25) is 4.90 Å². The molecule has 4 nitrogen and oxygen atoms in total. The van der Waals surface area contributed by atoms with Gasteiger partial charge in [-0.2, -0.15) is 0 Å². The van der Waals surface area contributed by atoms with Gasteiger partial charge in [0.15, 0.2) is 0 Å². The first kappa shape index (κ1) is 15.9. The van der Waals surface area contributed by atoms with Gasteiger partial charge in [-0.1, -0.05) is 0 Å². The predicted molar refractivity (Wildman–Crippen MR) is 86.1 cm³/mol. The van der Waals surface area contributed by atoms with Crippen molar-refractivity contribution in [2.24, 2.45) is 0 Å². The molecule has 0 aromatic carbocycles. The summed E-state index contributed by atoms with van der Waals surface area (Å²) in [7, 11) is 2.21. The maximum atomic E-state index is 4.76. The molecule has 1 aromatic rings. The van der Waals surface area contributed by atoms with E-state index in [1.807, 2.05) is 0 Å². The zero-order valence-electron chi connectivity index (χ0n) is 13.3. The van der Waals surface area contributed by atoms with Crippen LogP contribution in [0.4, 0.5) is 0 Å². The van der Waals surface area contributed by atoms with Crippen LogP contribution in [0.5, 0.6) is 0 Å². The highest BCUT2D eigenvalue weighted by Crippen LogP contribution is 2.14. The lowest BCUT2D eigenvalue weighted by molar-refractivity contribution is 0.267. The molecule has 0 unspecified atom stereocenters.